The summed E-state index contributed by atoms with van der Waals surface area (Å²) in [5.41, 5.74) is 0. The molecule has 0 saturated heterocycles. The van der Waals surface area contributed by atoms with E-state index in [0.29, 0.717) is 12.0 Å². The summed E-state index contributed by atoms with van der Waals surface area (Å²) in [5.74, 6) is 0.348. The SMILES string of the molecule is CC(CO)CNC(C)Cc1cccs1. The van der Waals surface area contributed by atoms with Gasteiger partial charge < -0.3 is 10.4 Å². The van der Waals surface area contributed by atoms with Gasteiger partial charge in [-0.1, -0.05) is 13.0 Å². The number of aliphatic hydroxyl groups excluding tert-OH is 1. The molecule has 0 bridgehead atoms. The quantitative estimate of drug-likeness (QED) is 0.756. The monoisotopic (exact) mass is 213 g/mol. The third kappa shape index (κ3) is 4.22. The summed E-state index contributed by atoms with van der Waals surface area (Å²) in [5, 5.41) is 14.4. The van der Waals surface area contributed by atoms with Crippen LogP contribution in [0.1, 0.15) is 18.7 Å². The predicted octanol–water partition coefficient (Wildman–Crippen LogP) is 1.90. The fourth-order valence-corrected chi connectivity index (χ4v) is 2.10. The van der Waals surface area contributed by atoms with Crippen LogP contribution in [0, 0.1) is 5.92 Å². The first-order valence-corrected chi connectivity index (χ1v) is 5.97. The normalized spacial score (nSPS) is 15.4. The highest BCUT2D eigenvalue weighted by atomic mass is 32.1. The lowest BCUT2D eigenvalue weighted by atomic mass is 10.1. The van der Waals surface area contributed by atoms with Crippen molar-refractivity contribution >= 4 is 11.3 Å². The minimum atomic E-state index is 0.263. The summed E-state index contributed by atoms with van der Waals surface area (Å²) >= 11 is 1.80. The molecule has 0 spiro atoms. The summed E-state index contributed by atoms with van der Waals surface area (Å²) in [6, 6.07) is 4.74. The number of thiophene rings is 1. The molecule has 0 radical (unpaired) electrons. The molecule has 0 aliphatic carbocycles. The van der Waals surface area contributed by atoms with E-state index in [1.807, 2.05) is 6.92 Å². The smallest absolute Gasteiger partial charge is 0.0468 e. The zero-order valence-electron chi connectivity index (χ0n) is 8.86. The van der Waals surface area contributed by atoms with Gasteiger partial charge in [-0.2, -0.15) is 0 Å². The fraction of sp³-hybridized carbons (Fsp3) is 0.636. The van der Waals surface area contributed by atoms with E-state index < -0.39 is 0 Å². The Labute approximate surface area is 90.0 Å². The van der Waals surface area contributed by atoms with Crippen LogP contribution < -0.4 is 5.32 Å². The lowest BCUT2D eigenvalue weighted by Gasteiger charge is -2.15. The van der Waals surface area contributed by atoms with Gasteiger partial charge in [-0.25, -0.2) is 0 Å². The summed E-state index contributed by atoms with van der Waals surface area (Å²) in [4.78, 5) is 1.42. The Kier molecular flexibility index (Phi) is 5.15. The van der Waals surface area contributed by atoms with Crippen molar-refractivity contribution in [3.05, 3.63) is 22.4 Å². The zero-order chi connectivity index (χ0) is 10.4. The van der Waals surface area contributed by atoms with Crippen LogP contribution in [-0.2, 0) is 6.42 Å². The maximum absolute atomic E-state index is 8.87. The first-order valence-electron chi connectivity index (χ1n) is 5.09. The highest BCUT2D eigenvalue weighted by Gasteiger charge is 2.05. The number of hydrogen-bond acceptors (Lipinski definition) is 3. The Morgan fingerprint density at radius 2 is 2.29 bits per heavy atom. The summed E-state index contributed by atoms with van der Waals surface area (Å²) < 4.78 is 0. The Balaban J connectivity index is 2.19. The number of rotatable bonds is 6. The predicted molar refractivity (Wildman–Crippen MR) is 61.7 cm³/mol. The molecule has 1 aromatic heterocycles. The molecule has 0 fully saturated rings. The van der Waals surface area contributed by atoms with Gasteiger partial charge in [-0.05, 0) is 30.7 Å². The molecule has 3 heteroatoms. The van der Waals surface area contributed by atoms with Crippen molar-refractivity contribution in [2.45, 2.75) is 26.3 Å². The highest BCUT2D eigenvalue weighted by Crippen LogP contribution is 2.10. The highest BCUT2D eigenvalue weighted by molar-refractivity contribution is 7.09. The molecule has 2 atom stereocenters. The number of aliphatic hydroxyl groups is 1. The Hall–Kier alpha value is -0.380. The third-order valence-corrected chi connectivity index (χ3v) is 3.11. The number of nitrogens with one attached hydrogen (secondary N) is 1. The van der Waals surface area contributed by atoms with Crippen LogP contribution in [0.15, 0.2) is 17.5 Å². The topological polar surface area (TPSA) is 32.3 Å². The second-order valence-corrected chi connectivity index (χ2v) is 4.91. The largest absolute Gasteiger partial charge is 0.396 e. The van der Waals surface area contributed by atoms with Gasteiger partial charge in [-0.3, -0.25) is 0 Å². The molecule has 2 unspecified atom stereocenters. The second-order valence-electron chi connectivity index (χ2n) is 3.88. The third-order valence-electron chi connectivity index (χ3n) is 2.21. The van der Waals surface area contributed by atoms with Crippen LogP contribution in [0.5, 0.6) is 0 Å². The molecule has 14 heavy (non-hydrogen) atoms. The van der Waals surface area contributed by atoms with Crippen molar-refractivity contribution in [1.29, 1.82) is 0 Å². The van der Waals surface area contributed by atoms with Crippen LogP contribution in [0.25, 0.3) is 0 Å². The standard InChI is InChI=1S/C11H19NOS/c1-9(8-13)7-12-10(2)6-11-4-3-5-14-11/h3-5,9-10,12-13H,6-8H2,1-2H3. The lowest BCUT2D eigenvalue weighted by Crippen LogP contribution is -2.32. The molecule has 0 amide bonds. The summed E-state index contributed by atoms with van der Waals surface area (Å²) in [6.45, 7) is 5.39. The van der Waals surface area contributed by atoms with E-state index in [0.717, 1.165) is 13.0 Å². The van der Waals surface area contributed by atoms with Gasteiger partial charge in [0.2, 0.25) is 0 Å². The molecule has 2 N–H and O–H groups in total. The summed E-state index contributed by atoms with van der Waals surface area (Å²) in [6.07, 6.45) is 1.08. The molecule has 2 nitrogen and oxygen atoms in total. The van der Waals surface area contributed by atoms with Crippen LogP contribution in [0.4, 0.5) is 0 Å². The van der Waals surface area contributed by atoms with Crippen molar-refractivity contribution in [3.8, 4) is 0 Å². The van der Waals surface area contributed by atoms with E-state index in [2.05, 4.69) is 29.8 Å². The van der Waals surface area contributed by atoms with E-state index in [1.54, 1.807) is 11.3 Å². The van der Waals surface area contributed by atoms with Gasteiger partial charge in [0.25, 0.3) is 0 Å². The van der Waals surface area contributed by atoms with Gasteiger partial charge >= 0.3 is 0 Å². The summed E-state index contributed by atoms with van der Waals surface area (Å²) in [7, 11) is 0. The van der Waals surface area contributed by atoms with E-state index in [1.165, 1.54) is 4.88 Å². The van der Waals surface area contributed by atoms with E-state index in [4.69, 9.17) is 5.11 Å². The lowest BCUT2D eigenvalue weighted by molar-refractivity contribution is 0.231. The molecule has 0 aliphatic rings. The van der Waals surface area contributed by atoms with Crippen molar-refractivity contribution in [2.75, 3.05) is 13.2 Å². The molecule has 1 aromatic rings. The average Bonchev–Trinajstić information content (AvgIpc) is 2.66. The molecule has 1 heterocycles. The first-order chi connectivity index (χ1) is 6.72. The molecule has 1 rings (SSSR count). The van der Waals surface area contributed by atoms with Gasteiger partial charge in [0.05, 0.1) is 0 Å². The molecule has 0 aliphatic heterocycles. The van der Waals surface area contributed by atoms with E-state index >= 15 is 0 Å². The van der Waals surface area contributed by atoms with Crippen molar-refractivity contribution in [2.24, 2.45) is 5.92 Å². The molecule has 0 saturated carbocycles. The Bertz CT molecular complexity index is 235. The zero-order valence-corrected chi connectivity index (χ0v) is 9.68. The Morgan fingerprint density at radius 3 is 2.86 bits per heavy atom. The molecular formula is C11H19NOS. The van der Waals surface area contributed by atoms with Gasteiger partial charge in [-0.15, -0.1) is 11.3 Å². The van der Waals surface area contributed by atoms with Crippen LogP contribution >= 0.6 is 11.3 Å². The van der Waals surface area contributed by atoms with Gasteiger partial charge in [0.15, 0.2) is 0 Å². The molecule has 0 aromatic carbocycles. The van der Waals surface area contributed by atoms with Crippen LogP contribution in [0.3, 0.4) is 0 Å². The fourth-order valence-electron chi connectivity index (χ4n) is 1.27. The average molecular weight is 213 g/mol. The number of hydrogen-bond donors (Lipinski definition) is 2. The Morgan fingerprint density at radius 1 is 1.50 bits per heavy atom. The van der Waals surface area contributed by atoms with Gasteiger partial charge in [0, 0.05) is 24.1 Å². The van der Waals surface area contributed by atoms with Crippen molar-refractivity contribution in [3.63, 3.8) is 0 Å². The second kappa shape index (κ2) is 6.17. The first kappa shape index (κ1) is 11.7. The van der Waals surface area contributed by atoms with Gasteiger partial charge in [0.1, 0.15) is 0 Å². The van der Waals surface area contributed by atoms with E-state index in [9.17, 15) is 0 Å². The minimum absolute atomic E-state index is 0.263. The van der Waals surface area contributed by atoms with Crippen molar-refractivity contribution < 1.29 is 5.11 Å². The van der Waals surface area contributed by atoms with Crippen molar-refractivity contribution in [1.82, 2.24) is 5.32 Å². The van der Waals surface area contributed by atoms with Crippen LogP contribution in [0.2, 0.25) is 0 Å². The molecular weight excluding hydrogens is 194 g/mol. The minimum Gasteiger partial charge on any atom is -0.396 e. The van der Waals surface area contributed by atoms with Crippen LogP contribution in [-0.4, -0.2) is 24.3 Å². The maximum atomic E-state index is 8.87. The van der Waals surface area contributed by atoms with E-state index in [-0.39, 0.29) is 6.61 Å². The molecule has 80 valence electrons. The maximum Gasteiger partial charge on any atom is 0.0468 e.